The minimum absolute atomic E-state index is 0.0844. The van der Waals surface area contributed by atoms with Gasteiger partial charge in [0.15, 0.2) is 0 Å². The topological polar surface area (TPSA) is 76.5 Å². The van der Waals surface area contributed by atoms with Crippen LogP contribution in [0.15, 0.2) is 41.3 Å². The molecule has 0 radical (unpaired) electrons. The molecule has 6 nitrogen and oxygen atoms in total. The average molecular weight is 597 g/mol. The Balaban J connectivity index is 1.32. The lowest BCUT2D eigenvalue weighted by atomic mass is 9.96. The van der Waals surface area contributed by atoms with E-state index in [0.717, 1.165) is 49.7 Å². The van der Waals surface area contributed by atoms with Crippen molar-refractivity contribution in [2.45, 2.75) is 62.7 Å². The molecule has 0 aromatic heterocycles. The Hall–Kier alpha value is -3.32. The first-order valence-corrected chi connectivity index (χ1v) is 13.7. The maximum absolute atomic E-state index is 13.5. The van der Waals surface area contributed by atoms with Gasteiger partial charge in [-0.3, -0.25) is 14.5 Å². The van der Waals surface area contributed by atoms with Crippen molar-refractivity contribution in [3.8, 4) is 0 Å². The molecule has 0 aliphatic carbocycles. The van der Waals surface area contributed by atoms with Gasteiger partial charge in [-0.15, -0.1) is 0 Å². The highest BCUT2D eigenvalue weighted by atomic mass is 32.2. The number of halogens is 6. The number of piperidine rings is 1. The highest BCUT2D eigenvalue weighted by molar-refractivity contribution is 8.18. The smallest absolute Gasteiger partial charge is 0.380 e. The number of thioether (sulfide) groups is 1. The quantitative estimate of drug-likeness (QED) is 0.214. The molecule has 3 atom stereocenters. The molecule has 2 N–H and O–H groups in total. The molecule has 2 amide bonds. The van der Waals surface area contributed by atoms with Crippen LogP contribution in [0.25, 0.3) is 6.08 Å². The number of nitrogens with one attached hydrogen (secondary N) is 2. The predicted octanol–water partition coefficient (Wildman–Crippen LogP) is 7.00. The molecule has 3 heterocycles. The van der Waals surface area contributed by atoms with Gasteiger partial charge in [0, 0.05) is 42.1 Å². The third-order valence-electron chi connectivity index (χ3n) is 8.00. The number of alkyl halides is 6. The molecule has 5 rings (SSSR count). The Morgan fingerprint density at radius 2 is 1.66 bits per heavy atom. The summed E-state index contributed by atoms with van der Waals surface area (Å²) in [5, 5.41) is 10.2. The monoisotopic (exact) mass is 596 g/mol. The summed E-state index contributed by atoms with van der Waals surface area (Å²) in [6, 6.07) is 6.62. The summed E-state index contributed by atoms with van der Waals surface area (Å²) in [5.41, 5.74) is -2.12. The van der Waals surface area contributed by atoms with E-state index in [-0.39, 0.29) is 45.0 Å². The highest BCUT2D eigenvalue weighted by Crippen LogP contribution is 2.42. The van der Waals surface area contributed by atoms with Crippen LogP contribution in [-0.4, -0.2) is 52.3 Å². The molecular formula is C28H26F6N4O2S. The summed E-state index contributed by atoms with van der Waals surface area (Å²) in [5.74, 6) is -0.366. The van der Waals surface area contributed by atoms with Crippen LogP contribution in [-0.2, 0) is 23.7 Å². The molecule has 2 unspecified atom stereocenters. The fraction of sp³-hybridized carbons (Fsp3) is 0.393. The van der Waals surface area contributed by atoms with Crippen LogP contribution in [0.5, 0.6) is 0 Å². The molecule has 2 aromatic carbocycles. The number of benzene rings is 2. The van der Waals surface area contributed by atoms with Crippen molar-refractivity contribution in [3.63, 3.8) is 0 Å². The van der Waals surface area contributed by atoms with Crippen LogP contribution in [0.4, 0.5) is 36.8 Å². The van der Waals surface area contributed by atoms with E-state index in [2.05, 4.69) is 17.3 Å². The molecular weight excluding hydrogens is 570 g/mol. The molecule has 3 aliphatic rings. The minimum Gasteiger partial charge on any atom is -0.380 e. The number of anilines is 1. The van der Waals surface area contributed by atoms with Gasteiger partial charge in [-0.1, -0.05) is 12.1 Å². The van der Waals surface area contributed by atoms with E-state index in [4.69, 9.17) is 5.41 Å². The lowest BCUT2D eigenvalue weighted by Gasteiger charge is -2.39. The van der Waals surface area contributed by atoms with Crippen LogP contribution < -0.4 is 5.32 Å². The second-order valence-corrected chi connectivity index (χ2v) is 11.4. The number of hydrogen-bond acceptors (Lipinski definition) is 6. The van der Waals surface area contributed by atoms with E-state index in [0.29, 0.717) is 23.7 Å². The van der Waals surface area contributed by atoms with Crippen LogP contribution in [0.3, 0.4) is 0 Å². The van der Waals surface area contributed by atoms with Crippen molar-refractivity contribution in [2.24, 2.45) is 0 Å². The maximum atomic E-state index is 13.5. The molecule has 0 spiro atoms. The van der Waals surface area contributed by atoms with Crippen molar-refractivity contribution in [3.05, 3.63) is 69.1 Å². The van der Waals surface area contributed by atoms with Crippen molar-refractivity contribution in [1.29, 1.82) is 5.41 Å². The van der Waals surface area contributed by atoms with E-state index in [1.54, 1.807) is 12.1 Å². The number of carbonyl (C=O) groups excluding carboxylic acids is 2. The van der Waals surface area contributed by atoms with Crippen molar-refractivity contribution < 1.29 is 35.9 Å². The number of rotatable bonds is 6. The van der Waals surface area contributed by atoms with Crippen LogP contribution in [0.1, 0.15) is 53.5 Å². The van der Waals surface area contributed by atoms with Gasteiger partial charge in [0.1, 0.15) is 0 Å². The minimum atomic E-state index is -5.00. The van der Waals surface area contributed by atoms with E-state index in [1.165, 1.54) is 17.0 Å². The van der Waals surface area contributed by atoms with Gasteiger partial charge in [0.05, 0.1) is 16.0 Å². The van der Waals surface area contributed by atoms with Crippen LogP contribution >= 0.6 is 11.8 Å². The van der Waals surface area contributed by atoms with Gasteiger partial charge in [-0.25, -0.2) is 0 Å². The number of hydrogen-bond donors (Lipinski definition) is 2. The number of amides is 2. The zero-order valence-corrected chi connectivity index (χ0v) is 22.6. The van der Waals surface area contributed by atoms with Gasteiger partial charge < -0.3 is 15.6 Å². The van der Waals surface area contributed by atoms with Crippen LogP contribution in [0, 0.1) is 5.41 Å². The molecule has 3 aliphatic heterocycles. The Bertz CT molecular complexity index is 1410. The van der Waals surface area contributed by atoms with Crippen molar-refractivity contribution in [2.75, 3.05) is 12.4 Å². The van der Waals surface area contributed by atoms with E-state index in [1.807, 2.05) is 0 Å². The first-order chi connectivity index (χ1) is 19.3. The SMILES string of the molecule is CN1C2CC[C@@H]1CC(N1C(=O)S/C(=C\c3ccc(NCc4ccc(C(F)(F)F)cc4C(F)(F)F)c(C=N)c3)C1=O)C2. The van der Waals surface area contributed by atoms with Crippen molar-refractivity contribution in [1.82, 2.24) is 9.80 Å². The summed E-state index contributed by atoms with van der Waals surface area (Å²) in [4.78, 5) is 29.9. The summed E-state index contributed by atoms with van der Waals surface area (Å²) in [6.45, 7) is -0.440. The standard InChI is InChI=1S/C28H26F6N4O2S/c1-37-19-5-6-20(37)12-21(11-19)38-25(39)24(41-26(38)40)9-15-2-7-23(17(8-15)13-35)36-14-16-3-4-18(27(29,30)31)10-22(16)28(32,33)34/h2-4,7-10,13,19-21,35-36H,5-6,11-12,14H2,1H3/b24-9-,35-13?/t19-,20?,21?/m1/s1. The summed E-state index contributed by atoms with van der Waals surface area (Å²) < 4.78 is 79.4. The molecule has 41 heavy (non-hydrogen) atoms. The second kappa shape index (κ2) is 10.8. The predicted molar refractivity (Wildman–Crippen MR) is 144 cm³/mol. The lowest BCUT2D eigenvalue weighted by molar-refractivity contribution is -0.143. The highest BCUT2D eigenvalue weighted by Gasteiger charge is 2.47. The molecule has 13 heteroatoms. The molecule has 2 bridgehead atoms. The zero-order valence-electron chi connectivity index (χ0n) is 21.8. The van der Waals surface area contributed by atoms with Gasteiger partial charge in [-0.2, -0.15) is 26.3 Å². The average Bonchev–Trinajstić information content (AvgIpc) is 3.27. The Morgan fingerprint density at radius 1 is 0.976 bits per heavy atom. The van der Waals surface area contributed by atoms with Crippen molar-refractivity contribution >= 4 is 40.9 Å². The summed E-state index contributed by atoms with van der Waals surface area (Å²) >= 11 is 0.851. The number of carbonyl (C=O) groups is 2. The van der Waals surface area contributed by atoms with Gasteiger partial charge in [-0.05, 0) is 86.0 Å². The fourth-order valence-corrected chi connectivity index (χ4v) is 6.75. The van der Waals surface area contributed by atoms with Crippen LogP contribution in [0.2, 0.25) is 0 Å². The first kappa shape index (κ1) is 29.2. The number of fused-ring (bicyclic) bond motifs is 2. The Labute approximate surface area is 236 Å². The first-order valence-electron chi connectivity index (χ1n) is 12.9. The maximum Gasteiger partial charge on any atom is 0.416 e. The Morgan fingerprint density at radius 3 is 2.27 bits per heavy atom. The largest absolute Gasteiger partial charge is 0.416 e. The van der Waals surface area contributed by atoms with Gasteiger partial charge in [0.2, 0.25) is 0 Å². The fourth-order valence-electron chi connectivity index (χ4n) is 5.85. The summed E-state index contributed by atoms with van der Waals surface area (Å²) in [7, 11) is 2.07. The molecule has 0 saturated carbocycles. The molecule has 218 valence electrons. The van der Waals surface area contributed by atoms with Gasteiger partial charge >= 0.3 is 12.4 Å². The van der Waals surface area contributed by atoms with E-state index >= 15 is 0 Å². The number of imide groups is 1. The second-order valence-electron chi connectivity index (χ2n) is 10.4. The third-order valence-corrected chi connectivity index (χ3v) is 8.89. The van der Waals surface area contributed by atoms with E-state index in [9.17, 15) is 35.9 Å². The van der Waals surface area contributed by atoms with Gasteiger partial charge in [0.25, 0.3) is 11.1 Å². The lowest BCUT2D eigenvalue weighted by Crippen LogP contribution is -2.50. The van der Waals surface area contributed by atoms with E-state index < -0.39 is 30.0 Å². The molecule has 2 aromatic rings. The number of nitrogens with zero attached hydrogens (tertiary/aromatic N) is 2. The zero-order chi connectivity index (χ0) is 29.7. The molecule has 3 saturated heterocycles. The third kappa shape index (κ3) is 5.87. The summed E-state index contributed by atoms with van der Waals surface area (Å²) in [6.07, 6.45) is -3.82. The molecule has 3 fully saturated rings. The normalized spacial score (nSPS) is 24.4. The Kier molecular flexibility index (Phi) is 7.70.